The van der Waals surface area contributed by atoms with E-state index in [-0.39, 0.29) is 11.8 Å². The van der Waals surface area contributed by atoms with E-state index in [1.54, 1.807) is 18.3 Å². The van der Waals surface area contributed by atoms with Crippen LogP contribution in [0.2, 0.25) is 0 Å². The van der Waals surface area contributed by atoms with Gasteiger partial charge in [-0.2, -0.15) is 0 Å². The molecule has 1 aliphatic rings. The molecule has 9 nitrogen and oxygen atoms in total. The Balaban J connectivity index is 1.35. The average molecular weight is 525 g/mol. The molecule has 2 amide bonds. The number of urea groups is 1. The minimum atomic E-state index is -0.582. The maximum absolute atomic E-state index is 14.8. The van der Waals surface area contributed by atoms with Gasteiger partial charge in [-0.05, 0) is 32.0 Å². The molecular formula is C26H29FN6O3S. The number of rotatable bonds is 7. The quantitative estimate of drug-likeness (QED) is 0.354. The number of nitrogens with one attached hydrogen (secondary N) is 2. The molecule has 2 N–H and O–H groups in total. The van der Waals surface area contributed by atoms with Crippen LogP contribution in [0.4, 0.5) is 14.9 Å². The Morgan fingerprint density at radius 2 is 2.00 bits per heavy atom. The number of benzene rings is 1. The fraction of sp³-hybridized carbons (Fsp3) is 0.346. The Labute approximate surface area is 218 Å². The second-order valence-corrected chi connectivity index (χ2v) is 10.2. The van der Waals surface area contributed by atoms with Crippen LogP contribution in [0.5, 0.6) is 11.5 Å². The molecule has 1 saturated heterocycles. The lowest BCUT2D eigenvalue weighted by Crippen LogP contribution is -2.36. The Bertz CT molecular complexity index is 1410. The number of imidazole rings is 1. The zero-order valence-corrected chi connectivity index (χ0v) is 21.8. The molecule has 37 heavy (non-hydrogen) atoms. The molecule has 1 fully saturated rings. The molecule has 11 heteroatoms. The van der Waals surface area contributed by atoms with Crippen molar-refractivity contribution < 1.29 is 18.7 Å². The standard InChI is InChI=1S/C26H29FN6O3S/c1-16(2)30-26(34)31-17-4-5-21(19(27)12-17)36-22-6-7-28-20-13-23(37-24(20)22)25-29-14-18(32(25)3)15-33-8-10-35-11-9-33/h4-7,12-14,16H,8-11,15H2,1-3H3,(H2,30,31,34). The molecule has 0 aliphatic carbocycles. The second kappa shape index (κ2) is 10.8. The molecule has 0 radical (unpaired) electrons. The summed E-state index contributed by atoms with van der Waals surface area (Å²) in [7, 11) is 2.01. The highest BCUT2D eigenvalue weighted by Gasteiger charge is 2.18. The van der Waals surface area contributed by atoms with Gasteiger partial charge in [0.25, 0.3) is 0 Å². The van der Waals surface area contributed by atoms with Gasteiger partial charge in [0.15, 0.2) is 11.6 Å². The molecule has 4 aromatic rings. The molecule has 3 aromatic heterocycles. The zero-order valence-electron chi connectivity index (χ0n) is 21.0. The fourth-order valence-electron chi connectivity index (χ4n) is 4.12. The molecule has 4 heterocycles. The third kappa shape index (κ3) is 5.74. The van der Waals surface area contributed by atoms with E-state index in [0.29, 0.717) is 11.4 Å². The van der Waals surface area contributed by atoms with Gasteiger partial charge in [0.1, 0.15) is 11.6 Å². The van der Waals surface area contributed by atoms with Gasteiger partial charge >= 0.3 is 6.03 Å². The predicted molar refractivity (Wildman–Crippen MR) is 142 cm³/mol. The molecule has 0 saturated carbocycles. The minimum Gasteiger partial charge on any atom is -0.453 e. The van der Waals surface area contributed by atoms with Crippen LogP contribution in [0.1, 0.15) is 19.5 Å². The molecule has 1 aromatic carbocycles. The number of pyridine rings is 1. The number of nitrogens with zero attached hydrogens (tertiary/aromatic N) is 4. The van der Waals surface area contributed by atoms with Gasteiger partial charge in [0.2, 0.25) is 0 Å². The molecule has 0 unspecified atom stereocenters. The average Bonchev–Trinajstić information content (AvgIpc) is 3.45. The highest BCUT2D eigenvalue weighted by Crippen LogP contribution is 2.39. The molecule has 0 atom stereocenters. The number of morpholine rings is 1. The van der Waals surface area contributed by atoms with Gasteiger partial charge < -0.3 is 24.7 Å². The topological polar surface area (TPSA) is 93.5 Å². The van der Waals surface area contributed by atoms with Crippen LogP contribution in [0.15, 0.2) is 42.7 Å². The van der Waals surface area contributed by atoms with Gasteiger partial charge in [-0.3, -0.25) is 9.88 Å². The highest BCUT2D eigenvalue weighted by atomic mass is 32.1. The Morgan fingerprint density at radius 1 is 1.19 bits per heavy atom. The second-order valence-electron chi connectivity index (χ2n) is 9.16. The number of anilines is 1. The van der Waals surface area contributed by atoms with Crippen LogP contribution in [-0.4, -0.2) is 57.8 Å². The van der Waals surface area contributed by atoms with Crippen LogP contribution in [0.3, 0.4) is 0 Å². The lowest BCUT2D eigenvalue weighted by Gasteiger charge is -2.26. The smallest absolute Gasteiger partial charge is 0.319 e. The first-order chi connectivity index (χ1) is 17.9. The first kappa shape index (κ1) is 25.1. The van der Waals surface area contributed by atoms with Gasteiger partial charge in [0, 0.05) is 56.7 Å². The Hall–Kier alpha value is -3.54. The summed E-state index contributed by atoms with van der Waals surface area (Å²) in [5.74, 6) is 0.822. The van der Waals surface area contributed by atoms with E-state index in [0.717, 1.165) is 59.5 Å². The molecule has 194 valence electrons. The summed E-state index contributed by atoms with van der Waals surface area (Å²) in [5.41, 5.74) is 2.21. The van der Waals surface area contributed by atoms with Crippen molar-refractivity contribution in [3.05, 3.63) is 54.2 Å². The zero-order chi connectivity index (χ0) is 25.9. The van der Waals surface area contributed by atoms with Crippen molar-refractivity contribution in [1.29, 1.82) is 0 Å². The number of thiophene rings is 1. The van der Waals surface area contributed by atoms with E-state index in [1.807, 2.05) is 33.2 Å². The van der Waals surface area contributed by atoms with Gasteiger partial charge in [0.05, 0.1) is 40.2 Å². The van der Waals surface area contributed by atoms with Crippen LogP contribution < -0.4 is 15.4 Å². The number of carbonyl (C=O) groups excluding carboxylic acids is 1. The van der Waals surface area contributed by atoms with Crippen LogP contribution in [0, 0.1) is 5.82 Å². The van der Waals surface area contributed by atoms with Crippen molar-refractivity contribution in [2.45, 2.75) is 26.4 Å². The molecule has 5 rings (SSSR count). The van der Waals surface area contributed by atoms with E-state index in [9.17, 15) is 9.18 Å². The predicted octanol–water partition coefficient (Wildman–Crippen LogP) is 4.99. The van der Waals surface area contributed by atoms with Crippen molar-refractivity contribution in [2.75, 3.05) is 31.6 Å². The summed E-state index contributed by atoms with van der Waals surface area (Å²) in [6.07, 6.45) is 3.55. The van der Waals surface area contributed by atoms with Crippen molar-refractivity contribution >= 4 is 33.3 Å². The number of ether oxygens (including phenoxy) is 2. The van der Waals surface area contributed by atoms with E-state index in [1.165, 1.54) is 23.5 Å². The third-order valence-corrected chi connectivity index (χ3v) is 7.13. The fourth-order valence-corrected chi connectivity index (χ4v) is 5.22. The lowest BCUT2D eigenvalue weighted by molar-refractivity contribution is 0.0333. The van der Waals surface area contributed by atoms with Crippen LogP contribution in [-0.2, 0) is 18.3 Å². The number of aromatic nitrogens is 3. The number of carbonyl (C=O) groups is 1. The van der Waals surface area contributed by atoms with Crippen molar-refractivity contribution in [2.24, 2.45) is 7.05 Å². The lowest BCUT2D eigenvalue weighted by atomic mass is 10.3. The Morgan fingerprint density at radius 3 is 2.76 bits per heavy atom. The summed E-state index contributed by atoms with van der Waals surface area (Å²) in [5, 5.41) is 5.32. The normalized spacial score (nSPS) is 14.3. The summed E-state index contributed by atoms with van der Waals surface area (Å²) in [6, 6.07) is 7.60. The summed E-state index contributed by atoms with van der Waals surface area (Å²) in [6.45, 7) is 7.83. The maximum atomic E-state index is 14.8. The third-order valence-electron chi connectivity index (χ3n) is 6.00. The SMILES string of the molecule is CC(C)NC(=O)Nc1ccc(Oc2ccnc3cc(-c4ncc(CN5CCOCC5)n4C)sc23)c(F)c1. The van der Waals surface area contributed by atoms with Gasteiger partial charge in [-0.1, -0.05) is 0 Å². The number of halogens is 1. The first-order valence-corrected chi connectivity index (χ1v) is 12.9. The van der Waals surface area contributed by atoms with Gasteiger partial charge in [-0.25, -0.2) is 14.2 Å². The van der Waals surface area contributed by atoms with E-state index >= 15 is 0 Å². The van der Waals surface area contributed by atoms with E-state index in [4.69, 9.17) is 9.47 Å². The minimum absolute atomic E-state index is 0.0284. The van der Waals surface area contributed by atoms with Crippen LogP contribution in [0.25, 0.3) is 20.9 Å². The van der Waals surface area contributed by atoms with Crippen LogP contribution >= 0.6 is 11.3 Å². The monoisotopic (exact) mass is 524 g/mol. The van der Waals surface area contributed by atoms with Crippen molar-refractivity contribution in [3.63, 3.8) is 0 Å². The van der Waals surface area contributed by atoms with Crippen molar-refractivity contribution in [1.82, 2.24) is 24.8 Å². The maximum Gasteiger partial charge on any atom is 0.319 e. The number of fused-ring (bicyclic) bond motifs is 1. The van der Waals surface area contributed by atoms with E-state index in [2.05, 4.69) is 30.1 Å². The van der Waals surface area contributed by atoms with Crippen molar-refractivity contribution in [3.8, 4) is 22.2 Å². The number of hydrogen-bond acceptors (Lipinski definition) is 7. The number of hydrogen-bond donors (Lipinski definition) is 2. The van der Waals surface area contributed by atoms with Gasteiger partial charge in [-0.15, -0.1) is 11.3 Å². The molecule has 1 aliphatic heterocycles. The molecular weight excluding hydrogens is 495 g/mol. The first-order valence-electron chi connectivity index (χ1n) is 12.1. The summed E-state index contributed by atoms with van der Waals surface area (Å²) >= 11 is 1.50. The van der Waals surface area contributed by atoms with E-state index < -0.39 is 11.8 Å². The largest absolute Gasteiger partial charge is 0.453 e. The summed E-state index contributed by atoms with van der Waals surface area (Å²) in [4.78, 5) is 24.4. The molecule has 0 spiro atoms. The Kier molecular flexibility index (Phi) is 7.36. The number of amides is 2. The molecule has 0 bridgehead atoms. The summed E-state index contributed by atoms with van der Waals surface area (Å²) < 4.78 is 29.1. The highest BCUT2D eigenvalue weighted by molar-refractivity contribution is 7.22.